The zero-order valence-corrected chi connectivity index (χ0v) is 12.8. The van der Waals surface area contributed by atoms with Crippen molar-refractivity contribution in [3.63, 3.8) is 0 Å². The molecular weight excluding hydrogens is 272 g/mol. The quantitative estimate of drug-likeness (QED) is 0.740. The van der Waals surface area contributed by atoms with Crippen LogP contribution in [-0.4, -0.2) is 90.2 Å². The van der Waals surface area contributed by atoms with E-state index in [4.69, 9.17) is 5.11 Å². The maximum atomic E-state index is 12.1. The average Bonchev–Trinajstić information content (AvgIpc) is 2.99. The third kappa shape index (κ3) is 4.86. The fourth-order valence-electron chi connectivity index (χ4n) is 2.96. The number of carboxylic acids is 1. The van der Waals surface area contributed by atoms with Gasteiger partial charge in [-0.1, -0.05) is 0 Å². The molecule has 0 saturated carbocycles. The first-order valence-corrected chi connectivity index (χ1v) is 7.77. The lowest BCUT2D eigenvalue weighted by Crippen LogP contribution is -2.54. The summed E-state index contributed by atoms with van der Waals surface area (Å²) in [6.45, 7) is 7.58. The third-order valence-electron chi connectivity index (χ3n) is 4.33. The molecule has 0 bridgehead atoms. The highest BCUT2D eigenvalue weighted by Crippen LogP contribution is 2.11. The Labute approximate surface area is 125 Å². The van der Waals surface area contributed by atoms with E-state index in [1.165, 1.54) is 12.8 Å². The van der Waals surface area contributed by atoms with E-state index in [-0.39, 0.29) is 12.6 Å². The lowest BCUT2D eigenvalue weighted by molar-refractivity contribution is -0.138. The van der Waals surface area contributed by atoms with Crippen LogP contribution < -0.4 is 5.32 Å². The molecule has 1 atom stereocenters. The van der Waals surface area contributed by atoms with E-state index >= 15 is 0 Å². The number of hydrogen-bond acceptors (Lipinski definition) is 4. The summed E-state index contributed by atoms with van der Waals surface area (Å²) < 4.78 is 0. The first-order chi connectivity index (χ1) is 10.1. The summed E-state index contributed by atoms with van der Waals surface area (Å²) in [5.41, 5.74) is 0. The molecule has 2 fully saturated rings. The Hall–Kier alpha value is -1.34. The summed E-state index contributed by atoms with van der Waals surface area (Å²) in [4.78, 5) is 28.8. The molecule has 2 amide bonds. The fraction of sp³-hybridized carbons (Fsp3) is 0.857. The van der Waals surface area contributed by atoms with Crippen LogP contribution in [0.15, 0.2) is 0 Å². The summed E-state index contributed by atoms with van der Waals surface area (Å²) in [6.07, 6.45) is 2.51. The second kappa shape index (κ2) is 7.61. The van der Waals surface area contributed by atoms with E-state index in [1.807, 2.05) is 4.90 Å². The maximum absolute atomic E-state index is 12.1. The fourth-order valence-corrected chi connectivity index (χ4v) is 2.96. The molecule has 21 heavy (non-hydrogen) atoms. The summed E-state index contributed by atoms with van der Waals surface area (Å²) >= 11 is 0. The number of amides is 2. The van der Waals surface area contributed by atoms with Gasteiger partial charge in [0.15, 0.2) is 0 Å². The van der Waals surface area contributed by atoms with Crippen LogP contribution in [0.1, 0.15) is 19.8 Å². The lowest BCUT2D eigenvalue weighted by atomic mass is 10.3. The van der Waals surface area contributed by atoms with Gasteiger partial charge in [-0.05, 0) is 32.9 Å². The molecule has 7 heteroatoms. The molecule has 2 rings (SSSR count). The van der Waals surface area contributed by atoms with E-state index in [2.05, 4.69) is 17.1 Å². The van der Waals surface area contributed by atoms with E-state index in [0.29, 0.717) is 38.8 Å². The summed E-state index contributed by atoms with van der Waals surface area (Å²) in [6, 6.07) is 0.348. The van der Waals surface area contributed by atoms with Crippen molar-refractivity contribution >= 4 is 12.0 Å². The highest BCUT2D eigenvalue weighted by molar-refractivity contribution is 5.74. The number of piperazine rings is 1. The van der Waals surface area contributed by atoms with Crippen molar-refractivity contribution in [2.45, 2.75) is 25.8 Å². The van der Waals surface area contributed by atoms with Gasteiger partial charge >= 0.3 is 12.0 Å². The number of urea groups is 1. The highest BCUT2D eigenvalue weighted by atomic mass is 16.4. The zero-order valence-electron chi connectivity index (χ0n) is 12.8. The molecule has 2 N–H and O–H groups in total. The van der Waals surface area contributed by atoms with Crippen LogP contribution in [0.25, 0.3) is 0 Å². The van der Waals surface area contributed by atoms with Gasteiger partial charge in [0.25, 0.3) is 0 Å². The van der Waals surface area contributed by atoms with Gasteiger partial charge in [0, 0.05) is 38.8 Å². The minimum Gasteiger partial charge on any atom is -0.480 e. The molecule has 2 aliphatic rings. The van der Waals surface area contributed by atoms with Gasteiger partial charge in [0.1, 0.15) is 0 Å². The molecule has 7 nitrogen and oxygen atoms in total. The summed E-state index contributed by atoms with van der Waals surface area (Å²) in [7, 11) is 0. The Balaban J connectivity index is 1.66. The Morgan fingerprint density at radius 1 is 1.10 bits per heavy atom. The number of carbonyl (C=O) groups excluding carboxylic acids is 1. The predicted octanol–water partition coefficient (Wildman–Crippen LogP) is -0.117. The van der Waals surface area contributed by atoms with Gasteiger partial charge in [-0.3, -0.25) is 14.6 Å². The zero-order chi connectivity index (χ0) is 15.2. The van der Waals surface area contributed by atoms with Gasteiger partial charge < -0.3 is 15.3 Å². The Morgan fingerprint density at radius 2 is 1.71 bits per heavy atom. The number of aliphatic carboxylic acids is 1. The number of carboxylic acid groups (broad SMARTS) is 1. The molecule has 0 aromatic rings. The maximum Gasteiger partial charge on any atom is 0.317 e. The number of nitrogens with zero attached hydrogens (tertiary/aromatic N) is 3. The lowest BCUT2D eigenvalue weighted by Gasteiger charge is -2.34. The first-order valence-electron chi connectivity index (χ1n) is 7.77. The molecule has 0 aliphatic carbocycles. The van der Waals surface area contributed by atoms with Crippen LogP contribution in [0, 0.1) is 0 Å². The van der Waals surface area contributed by atoms with Gasteiger partial charge in [0.05, 0.1) is 6.54 Å². The van der Waals surface area contributed by atoms with Crippen LogP contribution >= 0.6 is 0 Å². The van der Waals surface area contributed by atoms with Crippen LogP contribution in [-0.2, 0) is 4.79 Å². The van der Waals surface area contributed by atoms with E-state index in [1.54, 1.807) is 4.90 Å². The Morgan fingerprint density at radius 3 is 2.29 bits per heavy atom. The normalized spacial score (nSPS) is 22.2. The molecule has 0 aromatic heterocycles. The van der Waals surface area contributed by atoms with Crippen molar-refractivity contribution in [3.8, 4) is 0 Å². The minimum atomic E-state index is -0.813. The first kappa shape index (κ1) is 16.0. The molecule has 0 aromatic carbocycles. The number of hydrogen-bond donors (Lipinski definition) is 2. The van der Waals surface area contributed by atoms with Crippen molar-refractivity contribution < 1.29 is 14.7 Å². The second-order valence-electron chi connectivity index (χ2n) is 5.94. The molecule has 0 radical (unpaired) electrons. The average molecular weight is 298 g/mol. The molecule has 0 spiro atoms. The standard InChI is InChI=1S/C14H26N4O3/c1-12(17-4-2-3-5-17)10-15-14(21)18-8-6-16(7-9-18)11-13(19)20/h12H,2-11H2,1H3,(H,15,21)(H,19,20). The van der Waals surface area contributed by atoms with Crippen LogP contribution in [0.3, 0.4) is 0 Å². The Bertz CT molecular complexity index is 363. The van der Waals surface area contributed by atoms with Crippen LogP contribution in [0.2, 0.25) is 0 Å². The topological polar surface area (TPSA) is 76.1 Å². The van der Waals surface area contributed by atoms with Gasteiger partial charge in [0.2, 0.25) is 0 Å². The van der Waals surface area contributed by atoms with Crippen molar-refractivity contribution in [3.05, 3.63) is 0 Å². The number of likely N-dealkylation sites (tertiary alicyclic amines) is 1. The van der Waals surface area contributed by atoms with Crippen LogP contribution in [0.4, 0.5) is 4.79 Å². The van der Waals surface area contributed by atoms with Crippen molar-refractivity contribution in [2.24, 2.45) is 0 Å². The number of rotatable bonds is 5. The monoisotopic (exact) mass is 298 g/mol. The molecule has 2 aliphatic heterocycles. The van der Waals surface area contributed by atoms with Gasteiger partial charge in [-0.15, -0.1) is 0 Å². The molecule has 1 unspecified atom stereocenters. The van der Waals surface area contributed by atoms with E-state index in [9.17, 15) is 9.59 Å². The van der Waals surface area contributed by atoms with E-state index in [0.717, 1.165) is 13.1 Å². The predicted molar refractivity (Wildman–Crippen MR) is 79.3 cm³/mol. The molecule has 2 saturated heterocycles. The molecule has 120 valence electrons. The summed E-state index contributed by atoms with van der Waals surface area (Å²) in [5.74, 6) is -0.813. The molecular formula is C14H26N4O3. The Kier molecular flexibility index (Phi) is 5.81. The van der Waals surface area contributed by atoms with Crippen molar-refractivity contribution in [2.75, 3.05) is 52.4 Å². The summed E-state index contributed by atoms with van der Waals surface area (Å²) in [5, 5.41) is 11.7. The van der Waals surface area contributed by atoms with Crippen molar-refractivity contribution in [1.29, 1.82) is 0 Å². The minimum absolute atomic E-state index is 0.0315. The molecule has 2 heterocycles. The number of carbonyl (C=O) groups is 2. The van der Waals surface area contributed by atoms with E-state index < -0.39 is 5.97 Å². The highest BCUT2D eigenvalue weighted by Gasteiger charge is 2.23. The largest absolute Gasteiger partial charge is 0.480 e. The second-order valence-corrected chi connectivity index (χ2v) is 5.94. The SMILES string of the molecule is CC(CNC(=O)N1CCN(CC(=O)O)CC1)N1CCCC1. The smallest absolute Gasteiger partial charge is 0.317 e. The third-order valence-corrected chi connectivity index (χ3v) is 4.33. The van der Waals surface area contributed by atoms with Crippen molar-refractivity contribution in [1.82, 2.24) is 20.0 Å². The van der Waals surface area contributed by atoms with Gasteiger partial charge in [-0.25, -0.2) is 4.79 Å². The number of nitrogens with one attached hydrogen (secondary N) is 1. The van der Waals surface area contributed by atoms with Crippen LogP contribution in [0.5, 0.6) is 0 Å². The van der Waals surface area contributed by atoms with Gasteiger partial charge in [-0.2, -0.15) is 0 Å².